The number of phenolic OH excluding ortho intramolecular Hbond substituents is 1. The minimum Gasteiger partial charge on any atom is -0.508 e. The number of Topliss-reactive ketones (excluding diaryl/α,β-unsaturated/α-hetero) is 2. The maximum atomic E-state index is 15.2. The van der Waals surface area contributed by atoms with Crippen LogP contribution in [-0.4, -0.2) is 245 Å². The molecule has 0 spiro atoms. The molecule has 1 aliphatic rings. The van der Waals surface area contributed by atoms with Crippen LogP contribution in [0.15, 0.2) is 46.4 Å². The summed E-state index contributed by atoms with van der Waals surface area (Å²) in [5.41, 5.74) is 42.9. The quantitative estimate of drug-likeness (QED) is 0.00653. The van der Waals surface area contributed by atoms with Crippen molar-refractivity contribution in [3.63, 3.8) is 0 Å². The van der Waals surface area contributed by atoms with Crippen molar-refractivity contribution in [1.82, 2.24) is 69.4 Å². The number of aliphatic hydroxyl groups excluding tert-OH is 2. The Bertz CT molecular complexity index is 3800. The lowest BCUT2D eigenvalue weighted by Crippen LogP contribution is -2.68. The highest BCUT2D eigenvalue weighted by atomic mass is 32.2. The summed E-state index contributed by atoms with van der Waals surface area (Å²) in [7, 11) is 0. The first-order chi connectivity index (χ1) is 60.3. The van der Waals surface area contributed by atoms with Gasteiger partial charge in [0.25, 0.3) is 0 Å². The van der Waals surface area contributed by atoms with Gasteiger partial charge in [0.05, 0.1) is 36.8 Å². The number of unbranched alkanes of at least 4 members (excludes halogenated alkanes) is 1. The number of carbonyl (C=O) groups is 14. The number of ketones is 2. The number of rotatable bonds is 58. The van der Waals surface area contributed by atoms with Crippen LogP contribution < -0.4 is 115 Å². The minimum absolute atomic E-state index is 0.00823. The molecule has 1 aromatic carbocycles. The number of hydrazine groups is 1. The summed E-state index contributed by atoms with van der Waals surface area (Å²) in [4.78, 5) is 215. The van der Waals surface area contributed by atoms with Crippen LogP contribution >= 0.6 is 11.8 Å². The highest BCUT2D eigenvalue weighted by Crippen LogP contribution is 2.40. The summed E-state index contributed by atoms with van der Waals surface area (Å²) in [6.45, 7) is 20.1. The maximum Gasteiger partial charge on any atom is 0.245 e. The van der Waals surface area contributed by atoms with Crippen molar-refractivity contribution in [2.24, 2.45) is 91.0 Å². The van der Waals surface area contributed by atoms with Crippen molar-refractivity contribution in [2.45, 2.75) is 315 Å². The Kier molecular flexibility index (Phi) is 53.2. The van der Waals surface area contributed by atoms with Gasteiger partial charge in [-0.15, -0.1) is 0 Å². The van der Waals surface area contributed by atoms with Crippen molar-refractivity contribution in [3.8, 4) is 5.75 Å². The fraction of sp³-hybridized carbons (Fsp3) is 0.721. The number of nitrogens with two attached hydrogens (primary N) is 8. The molecule has 0 saturated heterocycles. The smallest absolute Gasteiger partial charge is 0.245 e. The Morgan fingerprint density at radius 2 is 0.930 bits per heavy atom. The van der Waals surface area contributed by atoms with Gasteiger partial charge < -0.3 is 109 Å². The van der Waals surface area contributed by atoms with E-state index in [-0.39, 0.29) is 126 Å². The third kappa shape index (κ3) is 40.5. The summed E-state index contributed by atoms with van der Waals surface area (Å²) >= 11 is 1.37. The molecule has 12 amide bonds. The fourth-order valence-corrected chi connectivity index (χ4v) is 15.2. The predicted molar refractivity (Wildman–Crippen MR) is 490 cm³/mol. The molecule has 41 nitrogen and oxygen atoms in total. The number of amides is 12. The minimum atomic E-state index is -1.81. The number of aliphatic hydroxyl groups is 2. The zero-order chi connectivity index (χ0) is 96.7. The van der Waals surface area contributed by atoms with E-state index in [9.17, 15) is 72.9 Å². The molecule has 42 heteroatoms. The van der Waals surface area contributed by atoms with Crippen molar-refractivity contribution in [2.75, 3.05) is 44.9 Å². The van der Waals surface area contributed by atoms with E-state index in [0.29, 0.717) is 49.8 Å². The van der Waals surface area contributed by atoms with Crippen LogP contribution in [0.1, 0.15) is 224 Å². The first-order valence-electron chi connectivity index (χ1n) is 44.6. The number of carbonyl (C=O) groups excluding carboxylic acids is 14. The molecule has 17 atom stereocenters. The van der Waals surface area contributed by atoms with E-state index in [1.807, 2.05) is 19.9 Å². The van der Waals surface area contributed by atoms with Gasteiger partial charge >= 0.3 is 0 Å². The van der Waals surface area contributed by atoms with Gasteiger partial charge in [-0.2, -0.15) is 17.2 Å². The summed E-state index contributed by atoms with van der Waals surface area (Å²) in [6.07, 6.45) is 10.3. The fourth-order valence-electron chi connectivity index (χ4n) is 14.7. The van der Waals surface area contributed by atoms with Gasteiger partial charge in [-0.25, -0.2) is 5.43 Å². The number of aliphatic imine (C=N–C) groups is 2. The van der Waals surface area contributed by atoms with E-state index in [1.165, 1.54) is 43.0 Å². The second-order valence-electron chi connectivity index (χ2n) is 35.1. The Morgan fingerprint density at radius 1 is 0.492 bits per heavy atom. The maximum absolute atomic E-state index is 15.2. The lowest BCUT2D eigenvalue weighted by Gasteiger charge is -2.48. The lowest BCUT2D eigenvalue weighted by molar-refractivity contribution is -0.170. The number of hydroxylamine groups is 1. The van der Waals surface area contributed by atoms with Crippen LogP contribution in [0.4, 0.5) is 0 Å². The van der Waals surface area contributed by atoms with Crippen LogP contribution in [-0.2, 0) is 78.4 Å². The molecule has 2 rings (SSSR count). The lowest BCUT2D eigenvalue weighted by atomic mass is 9.69. The molecule has 0 aromatic heterocycles. The number of guanidine groups is 2. The number of aromatic hydroxyl groups is 1. The van der Waals surface area contributed by atoms with E-state index >= 15 is 9.59 Å². The van der Waals surface area contributed by atoms with Gasteiger partial charge in [-0.1, -0.05) is 126 Å². The van der Waals surface area contributed by atoms with E-state index in [0.717, 1.165) is 19.3 Å². The average molecular weight is 1830 g/mol. The normalized spacial score (nSPS) is 19.0. The Labute approximate surface area is 757 Å². The second kappa shape index (κ2) is 59.5. The second-order valence-corrected chi connectivity index (χ2v) is 36.1. The Balaban J connectivity index is 2.73. The third-order valence-corrected chi connectivity index (χ3v) is 23.1. The number of hydrogen-bond donors (Lipinski definition) is 24. The molecule has 9 unspecified atom stereocenters. The van der Waals surface area contributed by atoms with Crippen LogP contribution in [0.3, 0.4) is 0 Å². The summed E-state index contributed by atoms with van der Waals surface area (Å²) in [6, 6.07) is -12.5. The molecular weight excluding hydrogens is 1680 g/mol. The molecule has 0 aliphatic heterocycles. The first-order valence-corrected chi connectivity index (χ1v) is 46.0. The van der Waals surface area contributed by atoms with Crippen LogP contribution in [0.5, 0.6) is 5.75 Å². The van der Waals surface area contributed by atoms with Crippen LogP contribution in [0.25, 0.3) is 0 Å². The van der Waals surface area contributed by atoms with Crippen molar-refractivity contribution >= 4 is 106 Å². The molecule has 0 heterocycles. The SMILES string of the molecule is CC[C@H](C)[C@H](NOC1C(C)(N[C@@H](CCCCN)C(=O)C(=O)[C@H](C)NC(=O)C(CO)NC(=O)[C@@H](NC(=O)C(CCSC)NC(=O)[C@H](CCCN=C(N)N)NC(=O)C(CC(C)C)NN)C(C)C)CCCCCCC=CCCCC1(C)C(N)=O)C(=O)NC(CO)C(=O)N[C@@H](Cc1ccc(O)cc1)C(=O)NC(CC(C)C)C(=O)N[C@@H](CCCN=C(N)N)C(=O)NC(C(N)=O)C(C)C. The van der Waals surface area contributed by atoms with Gasteiger partial charge in [0, 0.05) is 25.0 Å². The first kappa shape index (κ1) is 114. The molecule has 32 N–H and O–H groups in total. The van der Waals surface area contributed by atoms with Gasteiger partial charge in [0.1, 0.15) is 72.3 Å². The standard InChI is InChI=1S/C86H153N23O18S/c1-15-52(10)67(80(125)104-64(47-111)78(123)102-61(45-54-32-34-55(112)35-33-54)75(120)101-60(43-48(2)3)74(119)98-58(31-28-41-96-84(92)93)72(117)105-65(50(6)7)70(88)115)109-127-81-85(12,82(89)126)37-24-21-19-17-16-18-20-22-25-38-86(81,13)107-56(29-23-26-39-87)69(114)68(113)53(11)97-77(122)63(46-110)103-79(124)66(51(8)9)106-73(118)59(36-42-128-14)100-71(116)57(30-27-40-95-83(90)91)99-76(121)62(108-94)44-49(4)5/h17,19,32-35,48-53,56-67,81,107-112H,15-16,18,20-31,36-47,87,94H2,1-14H3,(H2,88,115)(H2,89,126)(H,97,122)(H,98,119)(H,99,121)(H,100,116)(H,101,120)(H,102,123)(H,103,124)(H,104,125)(H,105,117)(H,106,118)(H4,90,91,95)(H4,92,93,96)/t52-,53-,56-,57-,58-,59?,60?,61-,62?,63?,64?,65?,66-,67-,81?,85?,86?/m0/s1. The number of phenols is 1. The molecule has 128 heavy (non-hydrogen) atoms. The monoisotopic (exact) mass is 1830 g/mol. The van der Waals surface area contributed by atoms with Gasteiger partial charge in [-0.05, 0) is 183 Å². The highest BCUT2D eigenvalue weighted by molar-refractivity contribution is 7.98. The Hall–Kier alpha value is -9.69. The van der Waals surface area contributed by atoms with E-state index in [1.54, 1.807) is 75.5 Å². The molecule has 0 saturated carbocycles. The molecule has 0 bridgehead atoms. The number of hydrogen-bond acceptors (Lipinski definition) is 26. The number of benzene rings is 1. The number of thioether (sulfide) groups is 1. The van der Waals surface area contributed by atoms with Crippen LogP contribution in [0.2, 0.25) is 0 Å². The van der Waals surface area contributed by atoms with Gasteiger partial charge in [0.15, 0.2) is 11.9 Å². The zero-order valence-corrected chi connectivity index (χ0v) is 78.2. The molecule has 1 aromatic rings. The van der Waals surface area contributed by atoms with E-state index in [4.69, 9.17) is 50.8 Å². The molecular formula is C86H153N23O18S. The van der Waals surface area contributed by atoms with Crippen LogP contribution in [0, 0.1) is 35.0 Å². The van der Waals surface area contributed by atoms with Crippen molar-refractivity contribution in [3.05, 3.63) is 42.0 Å². The van der Waals surface area contributed by atoms with Crippen molar-refractivity contribution in [1.29, 1.82) is 0 Å². The molecule has 726 valence electrons. The van der Waals surface area contributed by atoms with Gasteiger partial charge in [0.2, 0.25) is 82.5 Å². The van der Waals surface area contributed by atoms with E-state index in [2.05, 4.69) is 85.5 Å². The van der Waals surface area contributed by atoms with E-state index < -0.39 is 209 Å². The molecule has 0 radical (unpaired) electrons. The highest BCUT2D eigenvalue weighted by Gasteiger charge is 2.53. The topological polar surface area (TPSA) is 698 Å². The third-order valence-electron chi connectivity index (χ3n) is 22.5. The Morgan fingerprint density at radius 3 is 1.41 bits per heavy atom. The number of nitrogens with one attached hydrogen (secondary N) is 13. The number of primary amides is 2. The number of allylic oxidation sites excluding steroid dienone is 2. The summed E-state index contributed by atoms with van der Waals surface area (Å²) in [5, 5.41) is 61.7. The number of nitrogens with zero attached hydrogens (tertiary/aromatic N) is 2. The predicted octanol–water partition coefficient (Wildman–Crippen LogP) is -1.77. The summed E-state index contributed by atoms with van der Waals surface area (Å²) in [5.74, 6) is -9.02. The van der Waals surface area contributed by atoms with Gasteiger partial charge in [-0.3, -0.25) is 93.1 Å². The summed E-state index contributed by atoms with van der Waals surface area (Å²) < 4.78 is 0. The molecule has 1 aliphatic carbocycles. The largest absolute Gasteiger partial charge is 0.508 e. The van der Waals surface area contributed by atoms with Crippen molar-refractivity contribution < 1.29 is 87.3 Å². The zero-order valence-electron chi connectivity index (χ0n) is 77.4. The average Bonchev–Trinajstić information content (AvgIpc) is 0.765. The molecule has 0 fully saturated rings.